The Morgan fingerprint density at radius 2 is 2.00 bits per heavy atom. The van der Waals surface area contributed by atoms with Gasteiger partial charge in [0.2, 0.25) is 0 Å². The second-order valence-electron chi connectivity index (χ2n) is 4.77. The molecule has 0 saturated carbocycles. The van der Waals surface area contributed by atoms with Crippen molar-refractivity contribution in [2.24, 2.45) is 0 Å². The third-order valence-electron chi connectivity index (χ3n) is 2.34. The molecule has 0 radical (unpaired) electrons. The van der Waals surface area contributed by atoms with Crippen LogP contribution in [0.15, 0.2) is 18.2 Å². The van der Waals surface area contributed by atoms with E-state index >= 15 is 0 Å². The van der Waals surface area contributed by atoms with Crippen molar-refractivity contribution in [3.63, 3.8) is 0 Å². The molecular weight excluding hydrogens is 220 g/mol. The van der Waals surface area contributed by atoms with Crippen LogP contribution in [0.25, 0.3) is 0 Å². The molecule has 0 bridgehead atoms. The molecule has 0 aliphatic heterocycles. The molecule has 0 saturated heterocycles. The Hall–Kier alpha value is -1.71. The minimum Gasteiger partial charge on any atom is -0.546 e. The Balaban J connectivity index is 2.96. The zero-order valence-corrected chi connectivity index (χ0v) is 10.6. The number of carboxylic acid groups (broad SMARTS) is 1. The highest BCUT2D eigenvalue weighted by Gasteiger charge is 2.19. The predicted octanol–water partition coefficient (Wildman–Crippen LogP) is 1.12. The number of carboxylic acids is 1. The van der Waals surface area contributed by atoms with E-state index in [0.717, 1.165) is 5.56 Å². The molecule has 0 atom stereocenters. The quantitative estimate of drug-likeness (QED) is 0.787. The summed E-state index contributed by atoms with van der Waals surface area (Å²) in [6.45, 7) is 5.77. The molecule has 0 fully saturated rings. The number of ether oxygens (including phenoxy) is 2. The summed E-state index contributed by atoms with van der Waals surface area (Å²) >= 11 is 0. The lowest BCUT2D eigenvalue weighted by Gasteiger charge is -2.22. The molecule has 17 heavy (non-hydrogen) atoms. The van der Waals surface area contributed by atoms with E-state index in [1.54, 1.807) is 19.2 Å². The molecule has 0 unspecified atom stereocenters. The van der Waals surface area contributed by atoms with Gasteiger partial charge in [-0.25, -0.2) is 0 Å². The number of hydrogen-bond donors (Lipinski definition) is 0. The van der Waals surface area contributed by atoms with Gasteiger partial charge in [-0.3, -0.25) is 0 Å². The molecule has 0 N–H and O–H groups in total. The summed E-state index contributed by atoms with van der Waals surface area (Å²) in [6, 6.07) is 5.29. The zero-order chi connectivity index (χ0) is 13.1. The topological polar surface area (TPSA) is 58.6 Å². The Kier molecular flexibility index (Phi) is 3.99. The van der Waals surface area contributed by atoms with E-state index in [4.69, 9.17) is 9.47 Å². The summed E-state index contributed by atoms with van der Waals surface area (Å²) in [6.07, 6.45) is 0. The first-order valence-corrected chi connectivity index (χ1v) is 5.36. The van der Waals surface area contributed by atoms with E-state index in [0.29, 0.717) is 11.5 Å². The van der Waals surface area contributed by atoms with Crippen LogP contribution in [0, 0.1) is 0 Å². The van der Waals surface area contributed by atoms with Gasteiger partial charge in [-0.05, 0) is 17.0 Å². The summed E-state index contributed by atoms with van der Waals surface area (Å²) in [7, 11) is 1.58. The molecule has 0 aliphatic rings. The van der Waals surface area contributed by atoms with Crippen LogP contribution in [-0.2, 0) is 10.2 Å². The maximum absolute atomic E-state index is 10.3. The first-order valence-electron chi connectivity index (χ1n) is 5.36. The van der Waals surface area contributed by atoms with Crippen LogP contribution in [-0.4, -0.2) is 19.7 Å². The molecule has 1 aromatic carbocycles. The van der Waals surface area contributed by atoms with Gasteiger partial charge in [-0.15, -0.1) is 0 Å². The smallest absolute Gasteiger partial charge is 0.128 e. The highest BCUT2D eigenvalue weighted by atomic mass is 16.5. The lowest BCUT2D eigenvalue weighted by atomic mass is 9.86. The lowest BCUT2D eigenvalue weighted by molar-refractivity contribution is -0.307. The van der Waals surface area contributed by atoms with Gasteiger partial charge in [0.1, 0.15) is 18.1 Å². The summed E-state index contributed by atoms with van der Waals surface area (Å²) in [5.74, 6) is -0.101. The average molecular weight is 237 g/mol. The summed E-state index contributed by atoms with van der Waals surface area (Å²) in [5, 5.41) is 10.3. The van der Waals surface area contributed by atoms with Gasteiger partial charge in [-0.2, -0.15) is 0 Å². The maximum atomic E-state index is 10.3. The SMILES string of the molecule is COc1cc(OCC(=O)[O-])ccc1C(C)(C)C. The van der Waals surface area contributed by atoms with Crippen molar-refractivity contribution in [3.05, 3.63) is 23.8 Å². The third-order valence-corrected chi connectivity index (χ3v) is 2.34. The second-order valence-corrected chi connectivity index (χ2v) is 4.77. The number of rotatable bonds is 4. The van der Waals surface area contributed by atoms with E-state index in [1.807, 2.05) is 6.07 Å². The molecule has 0 spiro atoms. The number of aliphatic carboxylic acids is 1. The van der Waals surface area contributed by atoms with Gasteiger partial charge in [0.25, 0.3) is 0 Å². The molecule has 0 aliphatic carbocycles. The first-order chi connectivity index (χ1) is 7.84. The zero-order valence-electron chi connectivity index (χ0n) is 10.6. The van der Waals surface area contributed by atoms with Crippen LogP contribution in [0.5, 0.6) is 11.5 Å². The monoisotopic (exact) mass is 237 g/mol. The van der Waals surface area contributed by atoms with E-state index in [1.165, 1.54) is 0 Å². The Bertz CT molecular complexity index is 404. The minimum absolute atomic E-state index is 0.0434. The van der Waals surface area contributed by atoms with Crippen LogP contribution in [0.3, 0.4) is 0 Å². The highest BCUT2D eigenvalue weighted by Crippen LogP contribution is 2.33. The van der Waals surface area contributed by atoms with Crippen molar-refractivity contribution in [2.45, 2.75) is 26.2 Å². The Morgan fingerprint density at radius 3 is 2.47 bits per heavy atom. The molecule has 1 aromatic rings. The molecule has 4 heteroatoms. The summed E-state index contributed by atoms with van der Waals surface area (Å²) in [4.78, 5) is 10.3. The fourth-order valence-electron chi connectivity index (χ4n) is 1.52. The lowest BCUT2D eigenvalue weighted by Crippen LogP contribution is -2.28. The standard InChI is InChI=1S/C13H18O4/c1-13(2,3)10-6-5-9(7-11(10)16-4)17-8-12(14)15/h5-7H,8H2,1-4H3,(H,14,15)/p-1. The third kappa shape index (κ3) is 3.66. The number of hydrogen-bond acceptors (Lipinski definition) is 4. The van der Waals surface area contributed by atoms with Crippen molar-refractivity contribution in [1.82, 2.24) is 0 Å². The van der Waals surface area contributed by atoms with E-state index in [-0.39, 0.29) is 5.41 Å². The van der Waals surface area contributed by atoms with Crippen LogP contribution >= 0.6 is 0 Å². The predicted molar refractivity (Wildman–Crippen MR) is 62.2 cm³/mol. The van der Waals surface area contributed by atoms with Crippen LogP contribution < -0.4 is 14.6 Å². The minimum atomic E-state index is -1.25. The van der Waals surface area contributed by atoms with Crippen LogP contribution in [0.4, 0.5) is 0 Å². The van der Waals surface area contributed by atoms with Crippen LogP contribution in [0.2, 0.25) is 0 Å². The van der Waals surface area contributed by atoms with Gasteiger partial charge in [-0.1, -0.05) is 26.8 Å². The Labute approximate surface area is 101 Å². The molecular formula is C13H17O4-. The molecule has 94 valence electrons. The van der Waals surface area contributed by atoms with Crippen molar-refractivity contribution in [3.8, 4) is 11.5 Å². The molecule has 0 heterocycles. The van der Waals surface area contributed by atoms with Gasteiger partial charge in [0, 0.05) is 6.07 Å². The molecule has 0 amide bonds. The van der Waals surface area contributed by atoms with Crippen LogP contribution in [0.1, 0.15) is 26.3 Å². The van der Waals surface area contributed by atoms with Crippen molar-refractivity contribution >= 4 is 5.97 Å². The van der Waals surface area contributed by atoms with Crippen molar-refractivity contribution < 1.29 is 19.4 Å². The normalized spacial score (nSPS) is 11.1. The average Bonchev–Trinajstić information content (AvgIpc) is 2.24. The first kappa shape index (κ1) is 13.4. The highest BCUT2D eigenvalue weighted by molar-refractivity contribution is 5.66. The largest absolute Gasteiger partial charge is 0.546 e. The maximum Gasteiger partial charge on any atom is 0.128 e. The molecule has 0 aromatic heterocycles. The fraction of sp³-hybridized carbons (Fsp3) is 0.462. The summed E-state index contributed by atoms with van der Waals surface area (Å²) in [5.41, 5.74) is 0.999. The Morgan fingerprint density at radius 1 is 1.35 bits per heavy atom. The van der Waals surface area contributed by atoms with Gasteiger partial charge < -0.3 is 19.4 Å². The number of carbonyl (C=O) groups excluding carboxylic acids is 1. The number of methoxy groups -OCH3 is 1. The van der Waals surface area contributed by atoms with Crippen molar-refractivity contribution in [1.29, 1.82) is 0 Å². The molecule has 1 rings (SSSR count). The van der Waals surface area contributed by atoms with Gasteiger partial charge in [0.05, 0.1) is 13.1 Å². The molecule has 4 nitrogen and oxygen atoms in total. The second kappa shape index (κ2) is 5.08. The summed E-state index contributed by atoms with van der Waals surface area (Å²) < 4.78 is 10.3. The number of benzene rings is 1. The fourth-order valence-corrected chi connectivity index (χ4v) is 1.52. The van der Waals surface area contributed by atoms with E-state index in [2.05, 4.69) is 20.8 Å². The van der Waals surface area contributed by atoms with E-state index in [9.17, 15) is 9.90 Å². The number of carbonyl (C=O) groups is 1. The van der Waals surface area contributed by atoms with E-state index < -0.39 is 12.6 Å². The van der Waals surface area contributed by atoms with Crippen molar-refractivity contribution in [2.75, 3.05) is 13.7 Å². The van der Waals surface area contributed by atoms with Gasteiger partial charge >= 0.3 is 0 Å². The van der Waals surface area contributed by atoms with Gasteiger partial charge in [0.15, 0.2) is 0 Å².